The number of nitro groups is 1. The van der Waals surface area contributed by atoms with Gasteiger partial charge in [0.05, 0.1) is 10.6 Å². The Hall–Kier alpha value is -2.70. The van der Waals surface area contributed by atoms with E-state index in [4.69, 9.17) is 0 Å². The molecule has 0 atom stereocenters. The van der Waals surface area contributed by atoms with E-state index in [1.807, 2.05) is 25.5 Å². The maximum atomic E-state index is 12.6. The first kappa shape index (κ1) is 17.7. The molecule has 0 aliphatic carbocycles. The molecular weight excluding hydrogens is 308 g/mol. The Morgan fingerprint density at radius 2 is 2.00 bits per heavy atom. The molecule has 0 spiro atoms. The Morgan fingerprint density at radius 3 is 2.50 bits per heavy atom. The van der Waals surface area contributed by atoms with Crippen LogP contribution in [0, 0.1) is 30.9 Å². The van der Waals surface area contributed by atoms with Crippen LogP contribution < -0.4 is 0 Å². The Bertz CT molecular complexity index is 795. The summed E-state index contributed by atoms with van der Waals surface area (Å²) >= 11 is 0. The summed E-state index contributed by atoms with van der Waals surface area (Å²) in [5, 5.41) is 15.3. The highest BCUT2D eigenvalue weighted by Gasteiger charge is 2.19. The molecule has 0 N–H and O–H groups in total. The Balaban J connectivity index is 2.23. The molecule has 2 rings (SSSR count). The zero-order valence-electron chi connectivity index (χ0n) is 14.7. The summed E-state index contributed by atoms with van der Waals surface area (Å²) in [7, 11) is 1.72. The van der Waals surface area contributed by atoms with Crippen molar-refractivity contribution in [3.63, 3.8) is 0 Å². The Labute approximate surface area is 141 Å². The van der Waals surface area contributed by atoms with Gasteiger partial charge in [0.15, 0.2) is 0 Å². The average Bonchev–Trinajstić information content (AvgIpc) is 2.81. The molecule has 24 heavy (non-hydrogen) atoms. The van der Waals surface area contributed by atoms with Crippen LogP contribution in [0.5, 0.6) is 0 Å². The number of carbonyl (C=O) groups excluding carboxylic acids is 1. The van der Waals surface area contributed by atoms with Gasteiger partial charge in [0, 0.05) is 48.6 Å². The minimum Gasteiger partial charge on any atom is -0.337 e. The summed E-state index contributed by atoms with van der Waals surface area (Å²) in [4.78, 5) is 24.7. The van der Waals surface area contributed by atoms with Gasteiger partial charge in [0.25, 0.3) is 11.6 Å². The van der Waals surface area contributed by atoms with Crippen molar-refractivity contribution in [3.8, 4) is 0 Å². The SMILES string of the molecule is CCn1nc(C)c(CN(C)C(=O)c2ccc([N+](=O)[O-])c(C)c2)c1C. The molecule has 0 saturated carbocycles. The zero-order valence-corrected chi connectivity index (χ0v) is 14.7. The molecule has 128 valence electrons. The van der Waals surface area contributed by atoms with Gasteiger partial charge < -0.3 is 4.90 Å². The minimum atomic E-state index is -0.445. The van der Waals surface area contributed by atoms with Crippen LogP contribution in [0.1, 0.15) is 39.8 Å². The first-order valence-corrected chi connectivity index (χ1v) is 7.79. The van der Waals surface area contributed by atoms with Crippen LogP contribution in [0.2, 0.25) is 0 Å². The fourth-order valence-electron chi connectivity index (χ4n) is 2.79. The van der Waals surface area contributed by atoms with Crippen molar-refractivity contribution >= 4 is 11.6 Å². The second-order valence-electron chi connectivity index (χ2n) is 5.88. The first-order chi connectivity index (χ1) is 11.3. The van der Waals surface area contributed by atoms with Crippen LogP contribution in [0.25, 0.3) is 0 Å². The predicted octanol–water partition coefficient (Wildman–Crippen LogP) is 3.01. The highest BCUT2D eigenvalue weighted by molar-refractivity contribution is 5.94. The maximum Gasteiger partial charge on any atom is 0.272 e. The lowest BCUT2D eigenvalue weighted by atomic mass is 10.1. The minimum absolute atomic E-state index is 0.0186. The number of carbonyl (C=O) groups is 1. The van der Waals surface area contributed by atoms with Gasteiger partial charge in [-0.25, -0.2) is 0 Å². The van der Waals surface area contributed by atoms with Gasteiger partial charge in [0.1, 0.15) is 0 Å². The Morgan fingerprint density at radius 1 is 1.33 bits per heavy atom. The van der Waals surface area contributed by atoms with Gasteiger partial charge in [-0.05, 0) is 39.8 Å². The van der Waals surface area contributed by atoms with Crippen molar-refractivity contribution in [3.05, 3.63) is 56.4 Å². The smallest absolute Gasteiger partial charge is 0.272 e. The van der Waals surface area contributed by atoms with E-state index in [1.165, 1.54) is 12.1 Å². The summed E-state index contributed by atoms with van der Waals surface area (Å²) in [6, 6.07) is 4.44. The fourth-order valence-corrected chi connectivity index (χ4v) is 2.79. The molecule has 1 heterocycles. The predicted molar refractivity (Wildman–Crippen MR) is 91.0 cm³/mol. The van der Waals surface area contributed by atoms with Gasteiger partial charge >= 0.3 is 0 Å². The molecule has 0 saturated heterocycles. The molecule has 1 amide bonds. The number of nitro benzene ring substituents is 1. The highest BCUT2D eigenvalue weighted by Crippen LogP contribution is 2.21. The number of hydrogen-bond donors (Lipinski definition) is 0. The molecule has 1 aromatic carbocycles. The van der Waals surface area contributed by atoms with Gasteiger partial charge in [-0.1, -0.05) is 0 Å². The molecular formula is C17H22N4O3. The Kier molecular flexibility index (Phi) is 5.02. The van der Waals surface area contributed by atoms with Crippen LogP contribution in [-0.2, 0) is 13.1 Å². The van der Waals surface area contributed by atoms with E-state index in [0.717, 1.165) is 23.5 Å². The van der Waals surface area contributed by atoms with Crippen molar-refractivity contribution in [1.82, 2.24) is 14.7 Å². The molecule has 0 aliphatic rings. The zero-order chi connectivity index (χ0) is 18.0. The van der Waals surface area contributed by atoms with Crippen molar-refractivity contribution in [2.24, 2.45) is 0 Å². The largest absolute Gasteiger partial charge is 0.337 e. The maximum absolute atomic E-state index is 12.6. The molecule has 0 fully saturated rings. The van der Waals surface area contributed by atoms with Crippen molar-refractivity contribution in [2.45, 2.75) is 40.8 Å². The van der Waals surface area contributed by atoms with Gasteiger partial charge in [-0.3, -0.25) is 19.6 Å². The molecule has 0 radical (unpaired) electrons. The molecule has 7 nitrogen and oxygen atoms in total. The number of amides is 1. The van der Waals surface area contributed by atoms with Gasteiger partial charge in [-0.2, -0.15) is 5.10 Å². The first-order valence-electron chi connectivity index (χ1n) is 7.79. The van der Waals surface area contributed by atoms with Crippen LogP contribution in [0.15, 0.2) is 18.2 Å². The third-order valence-electron chi connectivity index (χ3n) is 4.21. The van der Waals surface area contributed by atoms with E-state index in [2.05, 4.69) is 5.10 Å². The lowest BCUT2D eigenvalue weighted by molar-refractivity contribution is -0.385. The quantitative estimate of drug-likeness (QED) is 0.623. The summed E-state index contributed by atoms with van der Waals surface area (Å²) < 4.78 is 1.92. The van der Waals surface area contributed by atoms with E-state index < -0.39 is 4.92 Å². The molecule has 2 aromatic rings. The molecule has 1 aromatic heterocycles. The van der Waals surface area contributed by atoms with Crippen molar-refractivity contribution in [1.29, 1.82) is 0 Å². The number of aryl methyl sites for hydroxylation is 3. The van der Waals surface area contributed by atoms with Gasteiger partial charge in [-0.15, -0.1) is 0 Å². The molecule has 0 unspecified atom stereocenters. The molecule has 7 heteroatoms. The number of rotatable bonds is 5. The van der Waals surface area contributed by atoms with Crippen molar-refractivity contribution in [2.75, 3.05) is 7.05 Å². The number of aromatic nitrogens is 2. The summed E-state index contributed by atoms with van der Waals surface area (Å²) in [6.07, 6.45) is 0. The van der Waals surface area contributed by atoms with E-state index in [-0.39, 0.29) is 11.6 Å². The fraction of sp³-hybridized carbons (Fsp3) is 0.412. The van der Waals surface area contributed by atoms with Crippen LogP contribution in [0.4, 0.5) is 5.69 Å². The number of nitrogens with zero attached hydrogens (tertiary/aromatic N) is 4. The van der Waals surface area contributed by atoms with Crippen LogP contribution in [-0.4, -0.2) is 32.6 Å². The second-order valence-corrected chi connectivity index (χ2v) is 5.88. The van der Waals surface area contributed by atoms with E-state index in [9.17, 15) is 14.9 Å². The topological polar surface area (TPSA) is 81.3 Å². The van der Waals surface area contributed by atoms with E-state index >= 15 is 0 Å². The third kappa shape index (κ3) is 3.29. The highest BCUT2D eigenvalue weighted by atomic mass is 16.6. The third-order valence-corrected chi connectivity index (χ3v) is 4.21. The standard InChI is InChI=1S/C17H22N4O3/c1-6-20-13(4)15(12(3)18-20)10-19(5)17(22)14-7-8-16(21(23)24)11(2)9-14/h7-9H,6,10H2,1-5H3. The van der Waals surface area contributed by atoms with Gasteiger partial charge in [0.2, 0.25) is 0 Å². The monoisotopic (exact) mass is 330 g/mol. The average molecular weight is 330 g/mol. The number of benzene rings is 1. The van der Waals surface area contributed by atoms with Crippen LogP contribution in [0.3, 0.4) is 0 Å². The van der Waals surface area contributed by atoms with Crippen molar-refractivity contribution < 1.29 is 9.72 Å². The number of hydrogen-bond acceptors (Lipinski definition) is 4. The lowest BCUT2D eigenvalue weighted by Gasteiger charge is -2.18. The normalized spacial score (nSPS) is 10.7. The summed E-state index contributed by atoms with van der Waals surface area (Å²) in [5.74, 6) is -0.170. The molecule has 0 aliphatic heterocycles. The summed E-state index contributed by atoms with van der Waals surface area (Å²) in [5.41, 5.74) is 3.93. The second kappa shape index (κ2) is 6.82. The van der Waals surface area contributed by atoms with E-state index in [1.54, 1.807) is 24.9 Å². The van der Waals surface area contributed by atoms with E-state index in [0.29, 0.717) is 17.7 Å². The van der Waals surface area contributed by atoms with Crippen LogP contribution >= 0.6 is 0 Å². The lowest BCUT2D eigenvalue weighted by Crippen LogP contribution is -2.26. The molecule has 0 bridgehead atoms. The summed E-state index contributed by atoms with van der Waals surface area (Å²) in [6.45, 7) is 8.82.